The Balaban J connectivity index is 1.34. The van der Waals surface area contributed by atoms with Gasteiger partial charge in [0.15, 0.2) is 0 Å². The van der Waals surface area contributed by atoms with E-state index in [-0.39, 0.29) is 18.0 Å². The lowest BCUT2D eigenvalue weighted by Gasteiger charge is -2.18. The van der Waals surface area contributed by atoms with Crippen molar-refractivity contribution in [2.45, 2.75) is 32.4 Å². The van der Waals surface area contributed by atoms with Crippen LogP contribution in [0.4, 0.5) is 5.69 Å². The van der Waals surface area contributed by atoms with Gasteiger partial charge in [-0.1, -0.05) is 24.3 Å². The molecule has 1 amide bonds. The molecular weight excluding hydrogens is 382 g/mol. The largest absolute Gasteiger partial charge is 0.468 e. The number of thiazole rings is 1. The molecule has 2 heterocycles. The first-order valence-corrected chi connectivity index (χ1v) is 10.4. The molecule has 0 bridgehead atoms. The van der Waals surface area contributed by atoms with Gasteiger partial charge in [0, 0.05) is 12.1 Å². The number of hydrogen-bond donors (Lipinski definition) is 2. The number of rotatable bonds is 7. The van der Waals surface area contributed by atoms with E-state index < -0.39 is 0 Å². The number of furan rings is 1. The van der Waals surface area contributed by atoms with Crippen molar-refractivity contribution in [3.05, 3.63) is 83.3 Å². The van der Waals surface area contributed by atoms with Crippen LogP contribution in [0.5, 0.6) is 0 Å². The summed E-state index contributed by atoms with van der Waals surface area (Å²) >= 11 is 1.72. The van der Waals surface area contributed by atoms with Gasteiger partial charge in [0.1, 0.15) is 5.76 Å². The summed E-state index contributed by atoms with van der Waals surface area (Å²) in [6.45, 7) is 3.82. The molecule has 0 aliphatic carbocycles. The maximum absolute atomic E-state index is 12.5. The highest BCUT2D eigenvalue weighted by Gasteiger charge is 2.17. The van der Waals surface area contributed by atoms with Crippen LogP contribution in [0.15, 0.2) is 71.3 Å². The van der Waals surface area contributed by atoms with Crippen LogP contribution in [0.1, 0.15) is 36.2 Å². The minimum absolute atomic E-state index is 0.0399. The normalized spacial score (nSPS) is 13.3. The van der Waals surface area contributed by atoms with Crippen LogP contribution in [0.3, 0.4) is 0 Å². The minimum atomic E-state index is -0.350. The summed E-state index contributed by atoms with van der Waals surface area (Å²) in [6.07, 6.45) is 2.42. The van der Waals surface area contributed by atoms with Crippen LogP contribution in [0, 0.1) is 0 Å². The Bertz CT molecular complexity index is 1050. The lowest BCUT2D eigenvalue weighted by molar-refractivity contribution is -0.118. The van der Waals surface area contributed by atoms with Crippen LogP contribution in [0.25, 0.3) is 10.2 Å². The molecule has 0 fully saturated rings. The number of para-hydroxylation sites is 1. The van der Waals surface area contributed by atoms with E-state index in [0.717, 1.165) is 28.4 Å². The molecule has 2 N–H and O–H groups in total. The van der Waals surface area contributed by atoms with Crippen molar-refractivity contribution < 1.29 is 9.21 Å². The highest BCUT2D eigenvalue weighted by atomic mass is 32.1. The molecule has 6 heteroatoms. The van der Waals surface area contributed by atoms with Gasteiger partial charge in [-0.2, -0.15) is 0 Å². The van der Waals surface area contributed by atoms with Gasteiger partial charge in [0.25, 0.3) is 0 Å². The zero-order valence-corrected chi connectivity index (χ0v) is 17.2. The standard InChI is InChI=1S/C23H23N3O2S/c1-15(20-7-5-13-28-20)24-16(2)23(27)25-18-11-9-17(10-12-18)14-22-26-19-6-3-4-8-21(19)29-22/h3-13,15-16,24H,14H2,1-2H3,(H,25,27)/t15-,16+/m1/s1. The number of carbonyl (C=O) groups excluding carboxylic acids is 1. The van der Waals surface area contributed by atoms with Crippen molar-refractivity contribution in [1.82, 2.24) is 10.3 Å². The molecule has 4 rings (SSSR count). The zero-order valence-electron chi connectivity index (χ0n) is 16.4. The predicted molar refractivity (Wildman–Crippen MR) is 117 cm³/mol. The molecule has 2 aromatic heterocycles. The second-order valence-corrected chi connectivity index (χ2v) is 8.18. The second-order valence-electron chi connectivity index (χ2n) is 7.06. The van der Waals surface area contributed by atoms with Crippen molar-refractivity contribution >= 4 is 33.1 Å². The second kappa shape index (κ2) is 8.59. The zero-order chi connectivity index (χ0) is 20.2. The molecule has 2 atom stereocenters. The van der Waals surface area contributed by atoms with Crippen molar-refractivity contribution in [2.75, 3.05) is 5.32 Å². The molecule has 29 heavy (non-hydrogen) atoms. The molecule has 2 aromatic carbocycles. The van der Waals surface area contributed by atoms with Crippen LogP contribution in [0.2, 0.25) is 0 Å². The van der Waals surface area contributed by atoms with Gasteiger partial charge in [0.2, 0.25) is 5.91 Å². The summed E-state index contributed by atoms with van der Waals surface area (Å²) in [4.78, 5) is 17.2. The minimum Gasteiger partial charge on any atom is -0.468 e. The van der Waals surface area contributed by atoms with Gasteiger partial charge in [0.05, 0.1) is 33.6 Å². The number of nitrogens with zero attached hydrogens (tertiary/aromatic N) is 1. The van der Waals surface area contributed by atoms with Crippen molar-refractivity contribution in [3.8, 4) is 0 Å². The summed E-state index contributed by atoms with van der Waals surface area (Å²) in [7, 11) is 0. The molecule has 0 saturated carbocycles. The fourth-order valence-corrected chi connectivity index (χ4v) is 4.20. The average molecular weight is 406 g/mol. The third kappa shape index (κ3) is 4.72. The fourth-order valence-electron chi connectivity index (χ4n) is 3.20. The Morgan fingerprint density at radius 2 is 1.86 bits per heavy atom. The van der Waals surface area contributed by atoms with Crippen molar-refractivity contribution in [3.63, 3.8) is 0 Å². The van der Waals surface area contributed by atoms with E-state index in [1.54, 1.807) is 17.6 Å². The highest BCUT2D eigenvalue weighted by molar-refractivity contribution is 7.18. The van der Waals surface area contributed by atoms with E-state index in [4.69, 9.17) is 4.42 Å². The first kappa shape index (κ1) is 19.4. The number of benzene rings is 2. The van der Waals surface area contributed by atoms with Gasteiger partial charge in [-0.15, -0.1) is 11.3 Å². The number of fused-ring (bicyclic) bond motifs is 1. The first-order valence-electron chi connectivity index (χ1n) is 9.62. The Kier molecular flexibility index (Phi) is 5.74. The topological polar surface area (TPSA) is 67.2 Å². The van der Waals surface area contributed by atoms with Crippen LogP contribution in [-0.2, 0) is 11.2 Å². The van der Waals surface area contributed by atoms with Gasteiger partial charge in [-0.05, 0) is 55.8 Å². The summed E-state index contributed by atoms with van der Waals surface area (Å²) in [6, 6.07) is 19.5. The maximum atomic E-state index is 12.5. The predicted octanol–water partition coefficient (Wildman–Crippen LogP) is 5.16. The SMILES string of the molecule is C[C@H](N[C@H](C)c1ccco1)C(=O)Nc1ccc(Cc2nc3ccccc3s2)cc1. The molecule has 4 aromatic rings. The number of hydrogen-bond acceptors (Lipinski definition) is 5. The van der Waals surface area contributed by atoms with Gasteiger partial charge < -0.3 is 9.73 Å². The van der Waals surface area contributed by atoms with Crippen LogP contribution < -0.4 is 10.6 Å². The highest BCUT2D eigenvalue weighted by Crippen LogP contribution is 2.24. The quantitative estimate of drug-likeness (QED) is 0.446. The van der Waals surface area contributed by atoms with Crippen LogP contribution in [-0.4, -0.2) is 16.9 Å². The Morgan fingerprint density at radius 3 is 2.59 bits per heavy atom. The third-order valence-corrected chi connectivity index (χ3v) is 5.81. The lowest BCUT2D eigenvalue weighted by atomic mass is 10.1. The molecule has 0 radical (unpaired) electrons. The van der Waals surface area contributed by atoms with Crippen LogP contribution >= 0.6 is 11.3 Å². The number of amides is 1. The van der Waals surface area contributed by atoms with Crippen molar-refractivity contribution in [2.24, 2.45) is 0 Å². The molecule has 5 nitrogen and oxygen atoms in total. The van der Waals surface area contributed by atoms with E-state index in [1.807, 2.05) is 68.4 Å². The van der Waals surface area contributed by atoms with Gasteiger partial charge in [-0.25, -0.2) is 4.98 Å². The molecule has 0 aliphatic heterocycles. The first-order chi connectivity index (χ1) is 14.1. The average Bonchev–Trinajstić information content (AvgIpc) is 3.39. The number of anilines is 1. The molecule has 0 unspecified atom stereocenters. The molecule has 148 valence electrons. The number of aromatic nitrogens is 1. The number of carbonyl (C=O) groups is 1. The van der Waals surface area contributed by atoms with E-state index in [1.165, 1.54) is 10.3 Å². The third-order valence-electron chi connectivity index (χ3n) is 4.78. The molecule has 0 spiro atoms. The van der Waals surface area contributed by atoms with Crippen molar-refractivity contribution in [1.29, 1.82) is 0 Å². The maximum Gasteiger partial charge on any atom is 0.241 e. The Hall–Kier alpha value is -2.96. The van der Waals surface area contributed by atoms with E-state index >= 15 is 0 Å². The van der Waals surface area contributed by atoms with Gasteiger partial charge in [-0.3, -0.25) is 10.1 Å². The number of nitrogens with one attached hydrogen (secondary N) is 2. The van der Waals surface area contributed by atoms with E-state index in [2.05, 4.69) is 21.7 Å². The lowest BCUT2D eigenvalue weighted by Crippen LogP contribution is -2.39. The Labute approximate surface area is 173 Å². The summed E-state index contributed by atoms with van der Waals surface area (Å²) in [5, 5.41) is 7.30. The molecule has 0 aliphatic rings. The fraction of sp³-hybridized carbons (Fsp3) is 0.217. The van der Waals surface area contributed by atoms with E-state index in [0.29, 0.717) is 0 Å². The summed E-state index contributed by atoms with van der Waals surface area (Å²) in [5.74, 6) is 0.728. The monoisotopic (exact) mass is 405 g/mol. The summed E-state index contributed by atoms with van der Waals surface area (Å²) < 4.78 is 6.58. The molecular formula is C23H23N3O2S. The smallest absolute Gasteiger partial charge is 0.241 e. The Morgan fingerprint density at radius 1 is 1.07 bits per heavy atom. The van der Waals surface area contributed by atoms with Gasteiger partial charge >= 0.3 is 0 Å². The summed E-state index contributed by atoms with van der Waals surface area (Å²) in [5.41, 5.74) is 2.99. The van der Waals surface area contributed by atoms with E-state index in [9.17, 15) is 4.79 Å². The molecule has 0 saturated heterocycles.